The molecule has 2 aromatic rings. The number of rotatable bonds is 7. The predicted octanol–water partition coefficient (Wildman–Crippen LogP) is 4.07. The van der Waals surface area contributed by atoms with Crippen molar-refractivity contribution in [2.75, 3.05) is 14.1 Å². The Bertz CT molecular complexity index is 630. The largest absolute Gasteiger partial charge is 0.481 e. The fourth-order valence-electron chi connectivity index (χ4n) is 2.77. The molecule has 0 aliphatic rings. The van der Waals surface area contributed by atoms with E-state index in [1.165, 1.54) is 22.3 Å². The van der Waals surface area contributed by atoms with Gasteiger partial charge >= 0.3 is 5.97 Å². The lowest BCUT2D eigenvalue weighted by Crippen LogP contribution is -2.10. The normalized spacial score (nSPS) is 12.3. The van der Waals surface area contributed by atoms with Crippen molar-refractivity contribution in [3.63, 3.8) is 0 Å². The van der Waals surface area contributed by atoms with Gasteiger partial charge in [-0.3, -0.25) is 4.79 Å². The summed E-state index contributed by atoms with van der Waals surface area (Å²) in [7, 11) is 4.13. The molecule has 1 atom stereocenters. The second-order valence-corrected chi connectivity index (χ2v) is 6.54. The summed E-state index contributed by atoms with van der Waals surface area (Å²) >= 11 is 0. The Balaban J connectivity index is 2.03. The third-order valence-corrected chi connectivity index (χ3v) is 3.85. The lowest BCUT2D eigenvalue weighted by atomic mass is 9.96. The molecule has 0 aromatic heterocycles. The van der Waals surface area contributed by atoms with E-state index in [9.17, 15) is 4.79 Å². The molecule has 1 unspecified atom stereocenters. The predicted molar refractivity (Wildman–Crippen MR) is 94.4 cm³/mol. The van der Waals surface area contributed by atoms with Crippen LogP contribution in [0.25, 0.3) is 11.1 Å². The Morgan fingerprint density at radius 2 is 1.43 bits per heavy atom. The van der Waals surface area contributed by atoms with Crippen molar-refractivity contribution in [2.45, 2.75) is 26.3 Å². The van der Waals surface area contributed by atoms with Crippen molar-refractivity contribution in [2.24, 2.45) is 5.92 Å². The average Bonchev–Trinajstić information content (AvgIpc) is 2.47. The van der Waals surface area contributed by atoms with Gasteiger partial charge in [-0.15, -0.1) is 0 Å². The Morgan fingerprint density at radius 1 is 0.957 bits per heavy atom. The number of carboxylic acids is 1. The molecule has 122 valence electrons. The number of carbonyl (C=O) groups is 1. The van der Waals surface area contributed by atoms with Gasteiger partial charge in [0.05, 0.1) is 0 Å². The van der Waals surface area contributed by atoms with Crippen LogP contribution >= 0.6 is 0 Å². The van der Waals surface area contributed by atoms with Gasteiger partial charge in [0.1, 0.15) is 0 Å². The van der Waals surface area contributed by atoms with E-state index in [0.29, 0.717) is 0 Å². The summed E-state index contributed by atoms with van der Waals surface area (Å²) in [6.45, 7) is 2.92. The molecule has 0 heterocycles. The molecule has 0 aliphatic heterocycles. The van der Waals surface area contributed by atoms with Crippen LogP contribution in [0.5, 0.6) is 0 Å². The summed E-state index contributed by atoms with van der Waals surface area (Å²) in [6.07, 6.45) is 1.02. The molecule has 3 heteroatoms. The zero-order chi connectivity index (χ0) is 16.8. The minimum atomic E-state index is -0.730. The maximum absolute atomic E-state index is 10.7. The highest BCUT2D eigenvalue weighted by Crippen LogP contribution is 2.22. The Hall–Kier alpha value is -2.13. The zero-order valence-electron chi connectivity index (χ0n) is 14.1. The van der Waals surface area contributed by atoms with Gasteiger partial charge in [-0.05, 0) is 48.7 Å². The summed E-state index contributed by atoms with van der Waals surface area (Å²) < 4.78 is 0. The second-order valence-electron chi connectivity index (χ2n) is 6.54. The van der Waals surface area contributed by atoms with Crippen molar-refractivity contribution < 1.29 is 9.90 Å². The van der Waals surface area contributed by atoms with Crippen LogP contribution in [0.3, 0.4) is 0 Å². The van der Waals surface area contributed by atoms with Gasteiger partial charge in [0.15, 0.2) is 0 Å². The van der Waals surface area contributed by atoms with E-state index >= 15 is 0 Å². The standard InChI is InChI=1S/C20H25NO2/c1-15(13-20(22)23)12-16-4-8-18(9-5-16)19-10-6-17(7-11-19)14-21(2)3/h4-11,15H,12-14H2,1-3H3,(H,22,23). The first-order valence-corrected chi connectivity index (χ1v) is 7.99. The fraction of sp³-hybridized carbons (Fsp3) is 0.350. The first-order valence-electron chi connectivity index (χ1n) is 7.99. The quantitative estimate of drug-likeness (QED) is 0.838. The molecule has 3 nitrogen and oxygen atoms in total. The first-order chi connectivity index (χ1) is 10.9. The van der Waals surface area contributed by atoms with E-state index in [2.05, 4.69) is 67.5 Å². The van der Waals surface area contributed by atoms with Crippen molar-refractivity contribution in [1.29, 1.82) is 0 Å². The minimum Gasteiger partial charge on any atom is -0.481 e. The van der Waals surface area contributed by atoms with Gasteiger partial charge in [0.25, 0.3) is 0 Å². The van der Waals surface area contributed by atoms with Gasteiger partial charge in [0, 0.05) is 13.0 Å². The highest BCUT2D eigenvalue weighted by atomic mass is 16.4. The van der Waals surface area contributed by atoms with E-state index in [1.807, 2.05) is 6.92 Å². The molecular formula is C20H25NO2. The van der Waals surface area contributed by atoms with E-state index in [-0.39, 0.29) is 12.3 Å². The summed E-state index contributed by atoms with van der Waals surface area (Å²) in [5.41, 5.74) is 4.89. The Labute approximate surface area is 138 Å². The maximum Gasteiger partial charge on any atom is 0.303 e. The summed E-state index contributed by atoms with van der Waals surface area (Å²) in [4.78, 5) is 12.9. The molecule has 0 saturated heterocycles. The number of hydrogen-bond donors (Lipinski definition) is 1. The van der Waals surface area contributed by atoms with Crippen LogP contribution in [0.15, 0.2) is 48.5 Å². The van der Waals surface area contributed by atoms with E-state index in [4.69, 9.17) is 5.11 Å². The summed E-state index contributed by atoms with van der Waals surface area (Å²) in [6, 6.07) is 17.1. The average molecular weight is 311 g/mol. The van der Waals surface area contributed by atoms with Crippen LogP contribution in [-0.2, 0) is 17.8 Å². The Kier molecular flexibility index (Phi) is 5.94. The molecule has 0 aliphatic carbocycles. The monoisotopic (exact) mass is 311 g/mol. The van der Waals surface area contributed by atoms with Crippen molar-refractivity contribution in [3.05, 3.63) is 59.7 Å². The molecule has 0 amide bonds. The molecule has 0 spiro atoms. The van der Waals surface area contributed by atoms with Crippen molar-refractivity contribution in [1.82, 2.24) is 4.90 Å². The number of aliphatic carboxylic acids is 1. The number of carboxylic acid groups (broad SMARTS) is 1. The van der Waals surface area contributed by atoms with E-state index in [0.717, 1.165) is 13.0 Å². The third kappa shape index (κ3) is 5.53. The lowest BCUT2D eigenvalue weighted by Gasteiger charge is -2.11. The molecule has 2 rings (SSSR count). The number of nitrogens with zero attached hydrogens (tertiary/aromatic N) is 1. The van der Waals surface area contributed by atoms with Gasteiger partial charge in [-0.1, -0.05) is 55.5 Å². The van der Waals surface area contributed by atoms with Crippen LogP contribution < -0.4 is 0 Å². The third-order valence-electron chi connectivity index (χ3n) is 3.85. The van der Waals surface area contributed by atoms with Crippen LogP contribution in [0, 0.1) is 5.92 Å². The maximum atomic E-state index is 10.7. The van der Waals surface area contributed by atoms with Crippen LogP contribution in [0.1, 0.15) is 24.5 Å². The second kappa shape index (κ2) is 7.93. The number of benzene rings is 2. The molecular weight excluding hydrogens is 286 g/mol. The highest BCUT2D eigenvalue weighted by molar-refractivity contribution is 5.67. The lowest BCUT2D eigenvalue weighted by molar-refractivity contribution is -0.137. The number of hydrogen-bond acceptors (Lipinski definition) is 2. The SMILES string of the molecule is CC(CC(=O)O)Cc1ccc(-c2ccc(CN(C)C)cc2)cc1. The molecule has 0 saturated carbocycles. The van der Waals surface area contributed by atoms with E-state index in [1.54, 1.807) is 0 Å². The van der Waals surface area contributed by atoms with Crippen LogP contribution in [0.4, 0.5) is 0 Å². The van der Waals surface area contributed by atoms with Gasteiger partial charge in [-0.25, -0.2) is 0 Å². The van der Waals surface area contributed by atoms with Gasteiger partial charge in [-0.2, -0.15) is 0 Å². The van der Waals surface area contributed by atoms with Gasteiger partial charge in [0.2, 0.25) is 0 Å². The minimum absolute atomic E-state index is 0.156. The molecule has 2 aromatic carbocycles. The van der Waals surface area contributed by atoms with Crippen molar-refractivity contribution >= 4 is 5.97 Å². The molecule has 23 heavy (non-hydrogen) atoms. The van der Waals surface area contributed by atoms with Gasteiger partial charge < -0.3 is 10.0 Å². The zero-order valence-corrected chi connectivity index (χ0v) is 14.1. The summed E-state index contributed by atoms with van der Waals surface area (Å²) in [5.74, 6) is -0.574. The van der Waals surface area contributed by atoms with E-state index < -0.39 is 5.97 Å². The fourth-order valence-corrected chi connectivity index (χ4v) is 2.77. The Morgan fingerprint density at radius 3 is 1.87 bits per heavy atom. The van der Waals surface area contributed by atoms with Crippen LogP contribution in [-0.4, -0.2) is 30.1 Å². The molecule has 0 bridgehead atoms. The molecule has 0 radical (unpaired) electrons. The smallest absolute Gasteiger partial charge is 0.303 e. The molecule has 0 fully saturated rings. The highest BCUT2D eigenvalue weighted by Gasteiger charge is 2.08. The first kappa shape index (κ1) is 17.2. The summed E-state index contributed by atoms with van der Waals surface area (Å²) in [5, 5.41) is 8.83. The topological polar surface area (TPSA) is 40.5 Å². The van der Waals surface area contributed by atoms with Crippen LogP contribution in [0.2, 0.25) is 0 Å². The molecule has 1 N–H and O–H groups in total. The van der Waals surface area contributed by atoms with Crippen molar-refractivity contribution in [3.8, 4) is 11.1 Å².